The zero-order valence-corrected chi connectivity index (χ0v) is 14.7. The number of para-hydroxylation sites is 2. The summed E-state index contributed by atoms with van der Waals surface area (Å²) >= 11 is 3.17. The molecule has 0 saturated carbocycles. The minimum absolute atomic E-state index is 0.0815. The van der Waals surface area contributed by atoms with Crippen LogP contribution in [0.15, 0.2) is 67.8 Å². The largest absolute Gasteiger partial charge is 0.420 e. The van der Waals surface area contributed by atoms with Crippen LogP contribution >= 0.6 is 22.7 Å². The fourth-order valence-electron chi connectivity index (χ4n) is 2.73. The number of hydrogen-bond acceptors (Lipinski definition) is 5. The van der Waals surface area contributed by atoms with Crippen LogP contribution in [0.1, 0.15) is 16.5 Å². The summed E-state index contributed by atoms with van der Waals surface area (Å²) in [5.74, 6) is -0.766. The Hall–Kier alpha value is -2.64. The Morgan fingerprint density at radius 2 is 2.04 bits per heavy atom. The van der Waals surface area contributed by atoms with Crippen molar-refractivity contribution in [1.29, 1.82) is 0 Å². The van der Waals surface area contributed by atoms with Crippen LogP contribution in [0, 0.1) is 0 Å². The molecule has 0 aliphatic heterocycles. The van der Waals surface area contributed by atoms with Gasteiger partial charge in [0.1, 0.15) is 6.54 Å². The molecule has 25 heavy (non-hydrogen) atoms. The topological polar surface area (TPSA) is 64.2 Å². The summed E-state index contributed by atoms with van der Waals surface area (Å²) in [6.45, 7) is -0.0815. The number of fused-ring (bicyclic) bond motifs is 1. The van der Waals surface area contributed by atoms with Gasteiger partial charge in [-0.2, -0.15) is 11.3 Å². The molecule has 0 radical (unpaired) electrons. The van der Waals surface area contributed by atoms with E-state index in [-0.39, 0.29) is 18.5 Å². The SMILES string of the molecule is O=C(Cn1c(=O)oc2ccccc21)N[C@@H](c1ccsc1)c1cccs1. The molecular weight excluding hydrogens is 356 g/mol. The molecule has 3 aromatic heterocycles. The number of nitrogens with zero attached hydrogens (tertiary/aromatic N) is 1. The van der Waals surface area contributed by atoms with Crippen LogP contribution in [0.25, 0.3) is 11.1 Å². The first-order valence-corrected chi connectivity index (χ1v) is 9.48. The Morgan fingerprint density at radius 3 is 2.80 bits per heavy atom. The van der Waals surface area contributed by atoms with E-state index in [1.54, 1.807) is 40.9 Å². The van der Waals surface area contributed by atoms with Crippen LogP contribution in [-0.2, 0) is 11.3 Å². The monoisotopic (exact) mass is 370 g/mol. The highest BCUT2D eigenvalue weighted by Gasteiger charge is 2.20. The summed E-state index contributed by atoms with van der Waals surface area (Å²) in [7, 11) is 0. The molecule has 1 N–H and O–H groups in total. The third-order valence-electron chi connectivity index (χ3n) is 3.88. The molecule has 0 unspecified atom stereocenters. The van der Waals surface area contributed by atoms with E-state index < -0.39 is 5.76 Å². The highest BCUT2D eigenvalue weighted by atomic mass is 32.1. The van der Waals surface area contributed by atoms with E-state index in [0.29, 0.717) is 11.1 Å². The van der Waals surface area contributed by atoms with Crippen molar-refractivity contribution in [2.24, 2.45) is 0 Å². The molecule has 4 aromatic rings. The molecule has 5 nitrogen and oxygen atoms in total. The first kappa shape index (κ1) is 15.9. The maximum atomic E-state index is 12.6. The summed E-state index contributed by atoms with van der Waals surface area (Å²) < 4.78 is 6.53. The fourth-order valence-corrected chi connectivity index (χ4v) is 4.22. The van der Waals surface area contributed by atoms with Crippen molar-refractivity contribution in [3.05, 3.63) is 79.6 Å². The van der Waals surface area contributed by atoms with Gasteiger partial charge in [0.25, 0.3) is 0 Å². The van der Waals surface area contributed by atoms with Crippen molar-refractivity contribution in [3.8, 4) is 0 Å². The van der Waals surface area contributed by atoms with Gasteiger partial charge in [-0.1, -0.05) is 18.2 Å². The van der Waals surface area contributed by atoms with Gasteiger partial charge in [0, 0.05) is 4.88 Å². The fraction of sp³-hybridized carbons (Fsp3) is 0.111. The van der Waals surface area contributed by atoms with Gasteiger partial charge in [-0.25, -0.2) is 4.79 Å². The van der Waals surface area contributed by atoms with Crippen LogP contribution in [0.2, 0.25) is 0 Å². The minimum atomic E-state index is -0.528. The van der Waals surface area contributed by atoms with Gasteiger partial charge < -0.3 is 9.73 Å². The van der Waals surface area contributed by atoms with Crippen molar-refractivity contribution < 1.29 is 9.21 Å². The van der Waals surface area contributed by atoms with Crippen molar-refractivity contribution in [2.45, 2.75) is 12.6 Å². The van der Waals surface area contributed by atoms with Crippen molar-refractivity contribution in [3.63, 3.8) is 0 Å². The van der Waals surface area contributed by atoms with E-state index in [4.69, 9.17) is 4.42 Å². The molecule has 0 aliphatic carbocycles. The smallest absolute Gasteiger partial charge is 0.408 e. The number of rotatable bonds is 5. The van der Waals surface area contributed by atoms with E-state index in [9.17, 15) is 9.59 Å². The molecule has 0 spiro atoms. The van der Waals surface area contributed by atoms with Crippen LogP contribution in [0.3, 0.4) is 0 Å². The van der Waals surface area contributed by atoms with Crippen LogP contribution < -0.4 is 11.1 Å². The summed E-state index contributed by atoms with van der Waals surface area (Å²) in [6, 6.07) is 12.8. The number of aromatic nitrogens is 1. The molecule has 126 valence electrons. The van der Waals surface area contributed by atoms with Gasteiger partial charge in [0.15, 0.2) is 5.58 Å². The maximum Gasteiger partial charge on any atom is 0.420 e. The molecule has 7 heteroatoms. The second-order valence-corrected chi connectivity index (χ2v) is 7.25. The number of thiophene rings is 2. The second-order valence-electron chi connectivity index (χ2n) is 5.49. The van der Waals surface area contributed by atoms with E-state index in [0.717, 1.165) is 10.4 Å². The number of amides is 1. The van der Waals surface area contributed by atoms with Crippen LogP contribution in [0.4, 0.5) is 0 Å². The number of nitrogens with one attached hydrogen (secondary N) is 1. The quantitative estimate of drug-likeness (QED) is 0.583. The molecule has 0 bridgehead atoms. The first-order valence-electron chi connectivity index (χ1n) is 7.65. The van der Waals surface area contributed by atoms with E-state index >= 15 is 0 Å². The zero-order chi connectivity index (χ0) is 17.2. The van der Waals surface area contributed by atoms with Gasteiger partial charge in [-0.05, 0) is 46.0 Å². The molecule has 3 heterocycles. The predicted molar refractivity (Wildman–Crippen MR) is 99.1 cm³/mol. The van der Waals surface area contributed by atoms with Gasteiger partial charge in [0.2, 0.25) is 5.91 Å². The van der Waals surface area contributed by atoms with E-state index in [1.807, 2.05) is 40.4 Å². The van der Waals surface area contributed by atoms with Crippen molar-refractivity contribution >= 4 is 39.7 Å². The van der Waals surface area contributed by atoms with Gasteiger partial charge in [0.05, 0.1) is 11.6 Å². The lowest BCUT2D eigenvalue weighted by Crippen LogP contribution is -2.33. The van der Waals surface area contributed by atoms with Gasteiger partial charge in [-0.15, -0.1) is 11.3 Å². The lowest BCUT2D eigenvalue weighted by molar-refractivity contribution is -0.122. The van der Waals surface area contributed by atoms with Gasteiger partial charge in [-0.3, -0.25) is 9.36 Å². The van der Waals surface area contributed by atoms with E-state index in [2.05, 4.69) is 5.32 Å². The summed E-state index contributed by atoms with van der Waals surface area (Å²) in [6.07, 6.45) is 0. The average Bonchev–Trinajstić information content (AvgIpc) is 3.35. The van der Waals surface area contributed by atoms with Crippen molar-refractivity contribution in [2.75, 3.05) is 0 Å². The Balaban J connectivity index is 1.60. The molecule has 1 aromatic carbocycles. The standard InChI is InChI=1S/C18H14N2O3S2/c21-16(10-20-13-4-1-2-5-14(13)23-18(20)22)19-17(12-7-9-24-11-12)15-6-3-8-25-15/h1-9,11,17H,10H2,(H,19,21)/t17-/m0/s1. The number of hydrogen-bond donors (Lipinski definition) is 1. The Labute approximate surface area is 151 Å². The molecule has 1 amide bonds. The van der Waals surface area contributed by atoms with Crippen molar-refractivity contribution in [1.82, 2.24) is 9.88 Å². The molecule has 0 aliphatic rings. The van der Waals surface area contributed by atoms with Crippen LogP contribution in [-0.4, -0.2) is 10.5 Å². The lowest BCUT2D eigenvalue weighted by Gasteiger charge is -2.16. The maximum absolute atomic E-state index is 12.6. The molecule has 1 atom stereocenters. The molecule has 4 rings (SSSR count). The predicted octanol–water partition coefficient (Wildman–Crippen LogP) is 3.62. The Kier molecular flexibility index (Phi) is 4.25. The number of carbonyl (C=O) groups excluding carboxylic acids is 1. The summed E-state index contributed by atoms with van der Waals surface area (Å²) in [5, 5.41) is 9.01. The zero-order valence-electron chi connectivity index (χ0n) is 13.0. The second kappa shape index (κ2) is 6.70. The highest BCUT2D eigenvalue weighted by Crippen LogP contribution is 2.27. The summed E-state index contributed by atoms with van der Waals surface area (Å²) in [5.41, 5.74) is 2.13. The summed E-state index contributed by atoms with van der Waals surface area (Å²) in [4.78, 5) is 25.7. The third kappa shape index (κ3) is 3.16. The number of carbonyl (C=O) groups is 1. The number of benzene rings is 1. The Bertz CT molecular complexity index is 1010. The average molecular weight is 370 g/mol. The third-order valence-corrected chi connectivity index (χ3v) is 5.52. The minimum Gasteiger partial charge on any atom is -0.408 e. The number of oxazole rings is 1. The molecule has 0 saturated heterocycles. The lowest BCUT2D eigenvalue weighted by atomic mass is 10.1. The molecule has 0 fully saturated rings. The van der Waals surface area contributed by atoms with Crippen LogP contribution in [0.5, 0.6) is 0 Å². The molecular formula is C18H14N2O3S2. The normalized spacial score (nSPS) is 12.3. The Morgan fingerprint density at radius 1 is 1.16 bits per heavy atom. The van der Waals surface area contributed by atoms with E-state index in [1.165, 1.54) is 4.57 Å². The first-order chi connectivity index (χ1) is 12.2. The highest BCUT2D eigenvalue weighted by molar-refractivity contribution is 7.10. The van der Waals surface area contributed by atoms with Gasteiger partial charge >= 0.3 is 5.76 Å².